The lowest BCUT2D eigenvalue weighted by Crippen LogP contribution is -2.55. The molecule has 2 heterocycles. The van der Waals surface area contributed by atoms with Gasteiger partial charge in [-0.2, -0.15) is 0 Å². The van der Waals surface area contributed by atoms with Crippen LogP contribution in [-0.2, 0) is 9.59 Å². The number of nitrogens with zero attached hydrogens (tertiary/aromatic N) is 1. The summed E-state index contributed by atoms with van der Waals surface area (Å²) in [6.45, 7) is 9.98. The van der Waals surface area contributed by atoms with E-state index >= 15 is 0 Å². The monoisotopic (exact) mass is 364 g/mol. The van der Waals surface area contributed by atoms with Gasteiger partial charge in [0.05, 0.1) is 0 Å². The Labute approximate surface area is 155 Å². The van der Waals surface area contributed by atoms with E-state index in [1.807, 2.05) is 0 Å². The molecule has 0 aromatic heterocycles. The third-order valence-electron chi connectivity index (χ3n) is 6.10. The Morgan fingerprint density at radius 2 is 2.00 bits per heavy atom. The number of hydrogen-bond donors (Lipinski definition) is 3. The van der Waals surface area contributed by atoms with Crippen molar-refractivity contribution < 1.29 is 14.4 Å². The van der Waals surface area contributed by atoms with Crippen LogP contribution in [0.15, 0.2) is 0 Å². The van der Waals surface area contributed by atoms with Gasteiger partial charge in [-0.15, -0.1) is 0 Å². The smallest absolute Gasteiger partial charge is 0.325 e. The fourth-order valence-electron chi connectivity index (χ4n) is 5.23. The van der Waals surface area contributed by atoms with Gasteiger partial charge < -0.3 is 16.0 Å². The fourth-order valence-corrected chi connectivity index (χ4v) is 5.23. The molecule has 1 aliphatic carbocycles. The Morgan fingerprint density at radius 3 is 2.65 bits per heavy atom. The van der Waals surface area contributed by atoms with Crippen molar-refractivity contribution in [1.82, 2.24) is 20.9 Å². The third-order valence-corrected chi connectivity index (χ3v) is 6.10. The second kappa shape index (κ2) is 6.83. The summed E-state index contributed by atoms with van der Waals surface area (Å²) in [7, 11) is 0. The van der Waals surface area contributed by atoms with Crippen molar-refractivity contribution in [3.05, 3.63) is 0 Å². The van der Waals surface area contributed by atoms with Gasteiger partial charge in [-0.3, -0.25) is 14.5 Å². The summed E-state index contributed by atoms with van der Waals surface area (Å²) in [4.78, 5) is 39.1. The summed E-state index contributed by atoms with van der Waals surface area (Å²) < 4.78 is 0. The van der Waals surface area contributed by atoms with E-state index in [1.165, 1.54) is 0 Å². The van der Waals surface area contributed by atoms with Crippen LogP contribution in [0.1, 0.15) is 53.4 Å². The largest absolute Gasteiger partial charge is 0.350 e. The second-order valence-corrected chi connectivity index (χ2v) is 9.40. The van der Waals surface area contributed by atoms with Crippen molar-refractivity contribution in [3.63, 3.8) is 0 Å². The maximum Gasteiger partial charge on any atom is 0.325 e. The average Bonchev–Trinajstić information content (AvgIpc) is 2.71. The first-order chi connectivity index (χ1) is 12.1. The van der Waals surface area contributed by atoms with E-state index in [0.717, 1.165) is 30.8 Å². The Morgan fingerprint density at radius 1 is 1.27 bits per heavy atom. The summed E-state index contributed by atoms with van der Waals surface area (Å²) in [6, 6.07) is -0.399. The zero-order chi connectivity index (χ0) is 19.1. The maximum absolute atomic E-state index is 13.1. The van der Waals surface area contributed by atoms with Gasteiger partial charge in [-0.1, -0.05) is 27.7 Å². The topological polar surface area (TPSA) is 90.5 Å². The first-order valence-corrected chi connectivity index (χ1v) is 9.76. The van der Waals surface area contributed by atoms with E-state index in [1.54, 1.807) is 0 Å². The van der Waals surface area contributed by atoms with Crippen LogP contribution in [0.2, 0.25) is 0 Å². The van der Waals surface area contributed by atoms with Gasteiger partial charge in [-0.25, -0.2) is 4.79 Å². The van der Waals surface area contributed by atoms with Gasteiger partial charge in [0.1, 0.15) is 12.1 Å². The van der Waals surface area contributed by atoms with Crippen LogP contribution < -0.4 is 16.0 Å². The highest BCUT2D eigenvalue weighted by molar-refractivity contribution is 6.09. The molecule has 2 aliphatic heterocycles. The number of carbonyl (C=O) groups excluding carboxylic acids is 3. The Balaban J connectivity index is 1.66. The molecule has 4 unspecified atom stereocenters. The van der Waals surface area contributed by atoms with Crippen molar-refractivity contribution in [1.29, 1.82) is 0 Å². The molecule has 1 spiro atoms. The zero-order valence-corrected chi connectivity index (χ0v) is 16.4. The molecular formula is C19H32N4O3. The lowest BCUT2D eigenvalue weighted by molar-refractivity contribution is -0.137. The number of imide groups is 1. The highest BCUT2D eigenvalue weighted by Gasteiger charge is 2.56. The van der Waals surface area contributed by atoms with Crippen LogP contribution in [0.5, 0.6) is 0 Å². The predicted octanol–water partition coefficient (Wildman–Crippen LogP) is 1.24. The highest BCUT2D eigenvalue weighted by atomic mass is 16.2. The molecule has 0 bridgehead atoms. The number of hydrogen-bond acceptors (Lipinski definition) is 4. The summed E-state index contributed by atoms with van der Waals surface area (Å²) in [5.41, 5.74) is -0.861. The van der Waals surface area contributed by atoms with Gasteiger partial charge in [0.25, 0.3) is 5.91 Å². The van der Waals surface area contributed by atoms with Gasteiger partial charge in [0.2, 0.25) is 5.91 Å². The first kappa shape index (κ1) is 19.1. The van der Waals surface area contributed by atoms with Gasteiger partial charge >= 0.3 is 6.03 Å². The van der Waals surface area contributed by atoms with Gasteiger partial charge in [0, 0.05) is 12.6 Å². The normalized spacial score (nSPS) is 36.9. The number of piperidine rings is 1. The Bertz CT molecular complexity index is 606. The summed E-state index contributed by atoms with van der Waals surface area (Å²) in [5, 5.41) is 9.16. The summed E-state index contributed by atoms with van der Waals surface area (Å²) in [5.74, 6) is 0.224. The second-order valence-electron chi connectivity index (χ2n) is 9.40. The minimum absolute atomic E-state index is 0.0118. The van der Waals surface area contributed by atoms with E-state index in [2.05, 4.69) is 43.6 Å². The van der Waals surface area contributed by atoms with E-state index in [4.69, 9.17) is 0 Å². The molecule has 146 valence electrons. The molecular weight excluding hydrogens is 332 g/mol. The minimum Gasteiger partial charge on any atom is -0.350 e. The van der Waals surface area contributed by atoms with Gasteiger partial charge in [-0.05, 0) is 49.5 Å². The van der Waals surface area contributed by atoms with Crippen molar-refractivity contribution in [2.24, 2.45) is 17.3 Å². The molecule has 0 aromatic carbocycles. The number of rotatable bonds is 3. The van der Waals surface area contributed by atoms with Crippen molar-refractivity contribution in [2.75, 3.05) is 19.6 Å². The van der Waals surface area contributed by atoms with E-state index in [0.29, 0.717) is 24.7 Å². The van der Waals surface area contributed by atoms with Crippen LogP contribution >= 0.6 is 0 Å². The Kier molecular flexibility index (Phi) is 5.03. The Hall–Kier alpha value is -1.63. The molecule has 4 atom stereocenters. The molecule has 2 saturated heterocycles. The molecule has 7 nitrogen and oxygen atoms in total. The van der Waals surface area contributed by atoms with Crippen LogP contribution in [0.4, 0.5) is 4.79 Å². The molecule has 7 heteroatoms. The van der Waals surface area contributed by atoms with Crippen LogP contribution in [-0.4, -0.2) is 54.0 Å². The minimum atomic E-state index is -0.849. The SMILES string of the molecule is CC1CC(C)(C)CC2(C1)NC(=O)N(CC(=O)NC1CNCCC1C)C2=O. The highest BCUT2D eigenvalue weighted by Crippen LogP contribution is 2.46. The molecule has 3 rings (SSSR count). The molecule has 3 aliphatic rings. The lowest BCUT2D eigenvalue weighted by Gasteiger charge is -2.43. The number of nitrogens with one attached hydrogen (secondary N) is 3. The van der Waals surface area contributed by atoms with E-state index in [-0.39, 0.29) is 29.8 Å². The lowest BCUT2D eigenvalue weighted by atomic mass is 9.64. The number of urea groups is 1. The molecule has 3 N–H and O–H groups in total. The zero-order valence-electron chi connectivity index (χ0n) is 16.4. The molecule has 1 saturated carbocycles. The first-order valence-electron chi connectivity index (χ1n) is 9.76. The van der Waals surface area contributed by atoms with Crippen molar-refractivity contribution >= 4 is 17.8 Å². The van der Waals surface area contributed by atoms with Crippen LogP contribution in [0, 0.1) is 17.3 Å². The standard InChI is InChI=1S/C19H32N4O3/c1-12-7-18(3,4)11-19(8-12)16(25)23(17(26)22-19)10-15(24)21-14-9-20-6-5-13(14)2/h12-14,20H,5-11H2,1-4H3,(H,21,24)(H,22,26). The number of carbonyl (C=O) groups is 3. The van der Waals surface area contributed by atoms with E-state index in [9.17, 15) is 14.4 Å². The molecule has 3 fully saturated rings. The summed E-state index contributed by atoms with van der Waals surface area (Å²) >= 11 is 0. The van der Waals surface area contributed by atoms with Gasteiger partial charge in [0.15, 0.2) is 0 Å². The van der Waals surface area contributed by atoms with Crippen LogP contribution in [0.25, 0.3) is 0 Å². The number of amides is 4. The quantitative estimate of drug-likeness (QED) is 0.657. The fraction of sp³-hybridized carbons (Fsp3) is 0.842. The maximum atomic E-state index is 13.1. The molecule has 0 aromatic rings. The molecule has 4 amide bonds. The van der Waals surface area contributed by atoms with E-state index < -0.39 is 11.6 Å². The van der Waals surface area contributed by atoms with Crippen LogP contribution in [0.3, 0.4) is 0 Å². The van der Waals surface area contributed by atoms with Crippen molar-refractivity contribution in [2.45, 2.75) is 65.0 Å². The molecule has 26 heavy (non-hydrogen) atoms. The summed E-state index contributed by atoms with van der Waals surface area (Å²) in [6.07, 6.45) is 3.30. The third kappa shape index (κ3) is 3.72. The predicted molar refractivity (Wildman–Crippen MR) is 98.4 cm³/mol. The molecule has 0 radical (unpaired) electrons. The van der Waals surface area contributed by atoms with Crippen molar-refractivity contribution in [3.8, 4) is 0 Å². The average molecular weight is 364 g/mol.